The summed E-state index contributed by atoms with van der Waals surface area (Å²) >= 11 is 2.24. The summed E-state index contributed by atoms with van der Waals surface area (Å²) in [4.78, 5) is 12.4. The molecular weight excluding hydrogens is 409 g/mol. The number of hydrogen-bond acceptors (Lipinski definition) is 4. The van der Waals surface area contributed by atoms with E-state index in [0.717, 1.165) is 52.7 Å². The van der Waals surface area contributed by atoms with Crippen molar-refractivity contribution in [2.75, 3.05) is 20.3 Å². The second-order valence-electron chi connectivity index (χ2n) is 5.99. The van der Waals surface area contributed by atoms with Crippen LogP contribution in [-0.2, 0) is 19.0 Å². The smallest absolute Gasteiger partial charge is 0.228 e. The molecule has 0 bridgehead atoms. The molecular formula is C17H22INO4. The van der Waals surface area contributed by atoms with Gasteiger partial charge in [-0.1, -0.05) is 17.7 Å². The fourth-order valence-electron chi connectivity index (χ4n) is 3.19. The molecule has 1 N–H and O–H groups in total. The first-order chi connectivity index (χ1) is 11.1. The van der Waals surface area contributed by atoms with E-state index in [4.69, 9.17) is 14.2 Å². The van der Waals surface area contributed by atoms with Crippen molar-refractivity contribution in [3.8, 4) is 0 Å². The van der Waals surface area contributed by atoms with Crippen LogP contribution in [0, 0.1) is 0 Å². The molecule has 1 saturated heterocycles. The fourth-order valence-corrected chi connectivity index (χ4v) is 3.94. The average molecular weight is 431 g/mol. The van der Waals surface area contributed by atoms with Crippen molar-refractivity contribution in [2.45, 2.75) is 44.3 Å². The molecule has 0 unspecified atom stereocenters. The molecule has 3 rings (SSSR count). The van der Waals surface area contributed by atoms with Gasteiger partial charge in [0.05, 0.1) is 26.0 Å². The minimum atomic E-state index is -0.423. The lowest BCUT2D eigenvalue weighted by atomic mass is 9.92. The first-order valence-electron chi connectivity index (χ1n) is 8.01. The predicted octanol–water partition coefficient (Wildman–Crippen LogP) is 3.32. The maximum atomic E-state index is 12.4. The van der Waals surface area contributed by atoms with E-state index in [-0.39, 0.29) is 5.91 Å². The average Bonchev–Trinajstić information content (AvgIpc) is 3.00. The van der Waals surface area contributed by atoms with Gasteiger partial charge in [0.2, 0.25) is 5.91 Å². The third kappa shape index (κ3) is 3.97. The second kappa shape index (κ2) is 7.36. The molecule has 0 aromatic carbocycles. The van der Waals surface area contributed by atoms with E-state index in [1.165, 1.54) is 0 Å². The molecule has 5 nitrogen and oxygen atoms in total. The Labute approximate surface area is 150 Å². The quantitative estimate of drug-likeness (QED) is 0.548. The molecule has 1 amide bonds. The zero-order valence-electron chi connectivity index (χ0n) is 13.3. The molecule has 0 radical (unpaired) electrons. The van der Waals surface area contributed by atoms with Gasteiger partial charge in [0.1, 0.15) is 5.76 Å². The van der Waals surface area contributed by atoms with Gasteiger partial charge in [-0.15, -0.1) is 0 Å². The maximum absolute atomic E-state index is 12.4. The lowest BCUT2D eigenvalue weighted by molar-refractivity contribution is -0.161. The summed E-state index contributed by atoms with van der Waals surface area (Å²) in [6.45, 7) is 1.34. The molecule has 3 aliphatic rings. The number of allylic oxidation sites excluding steroid dienone is 3. The molecule has 1 heterocycles. The Hall–Kier alpha value is -0.860. The van der Waals surface area contributed by atoms with Crippen LogP contribution in [0.4, 0.5) is 0 Å². The van der Waals surface area contributed by atoms with Crippen LogP contribution >= 0.6 is 22.6 Å². The van der Waals surface area contributed by atoms with Crippen LogP contribution in [-0.4, -0.2) is 32.0 Å². The van der Waals surface area contributed by atoms with E-state index in [9.17, 15) is 4.79 Å². The minimum absolute atomic E-state index is 0.00877. The van der Waals surface area contributed by atoms with Gasteiger partial charge >= 0.3 is 0 Å². The first-order valence-corrected chi connectivity index (χ1v) is 9.08. The SMILES string of the molecule is COC1=C(NC(=O)CC2=CCC3(CC2)OCCO3)C(I)=CCC1. The van der Waals surface area contributed by atoms with Gasteiger partial charge in [0.25, 0.3) is 0 Å². The number of halogens is 1. The van der Waals surface area contributed by atoms with Gasteiger partial charge in [-0.3, -0.25) is 4.79 Å². The zero-order valence-corrected chi connectivity index (χ0v) is 15.5. The van der Waals surface area contributed by atoms with Crippen molar-refractivity contribution in [1.82, 2.24) is 5.32 Å². The molecule has 0 atom stereocenters. The summed E-state index contributed by atoms with van der Waals surface area (Å²) in [6.07, 6.45) is 8.83. The van der Waals surface area contributed by atoms with Gasteiger partial charge in [-0.05, 0) is 35.4 Å². The Balaban J connectivity index is 1.58. The van der Waals surface area contributed by atoms with E-state index in [1.807, 2.05) is 0 Å². The number of carbonyl (C=O) groups excluding carboxylic acids is 1. The van der Waals surface area contributed by atoms with E-state index in [1.54, 1.807) is 7.11 Å². The third-order valence-corrected chi connectivity index (χ3v) is 5.43. The number of rotatable bonds is 4. The van der Waals surface area contributed by atoms with Crippen LogP contribution in [0.15, 0.2) is 32.8 Å². The van der Waals surface area contributed by atoms with Crippen molar-refractivity contribution in [3.63, 3.8) is 0 Å². The molecule has 0 aromatic rings. The van der Waals surface area contributed by atoms with Crippen LogP contribution in [0.3, 0.4) is 0 Å². The summed E-state index contributed by atoms with van der Waals surface area (Å²) in [5, 5.41) is 3.01. The summed E-state index contributed by atoms with van der Waals surface area (Å²) in [5.41, 5.74) is 1.97. The third-order valence-electron chi connectivity index (χ3n) is 4.45. The number of hydrogen-bond donors (Lipinski definition) is 1. The standard InChI is InChI=1S/C17H22INO4/c1-21-14-4-2-3-13(18)16(14)19-15(20)11-12-5-7-17(8-6-12)22-9-10-23-17/h3,5H,2,4,6-11H2,1H3,(H,19,20). The van der Waals surface area contributed by atoms with Gasteiger partial charge in [0, 0.05) is 29.3 Å². The van der Waals surface area contributed by atoms with Crippen LogP contribution in [0.25, 0.3) is 0 Å². The maximum Gasteiger partial charge on any atom is 0.228 e. The Morgan fingerprint density at radius 3 is 2.78 bits per heavy atom. The van der Waals surface area contributed by atoms with Crippen molar-refractivity contribution >= 4 is 28.5 Å². The van der Waals surface area contributed by atoms with Crippen LogP contribution < -0.4 is 5.32 Å². The van der Waals surface area contributed by atoms with Crippen molar-refractivity contribution in [3.05, 3.63) is 32.8 Å². The molecule has 126 valence electrons. The summed E-state index contributed by atoms with van der Waals surface area (Å²) in [6, 6.07) is 0. The highest BCUT2D eigenvalue weighted by Crippen LogP contribution is 2.36. The number of methoxy groups -OCH3 is 1. The predicted molar refractivity (Wildman–Crippen MR) is 94.7 cm³/mol. The molecule has 23 heavy (non-hydrogen) atoms. The van der Waals surface area contributed by atoms with Crippen molar-refractivity contribution < 1.29 is 19.0 Å². The summed E-state index contributed by atoms with van der Waals surface area (Å²) in [7, 11) is 1.65. The Kier molecular flexibility index (Phi) is 5.43. The van der Waals surface area contributed by atoms with E-state index >= 15 is 0 Å². The van der Waals surface area contributed by atoms with E-state index < -0.39 is 5.79 Å². The highest BCUT2D eigenvalue weighted by atomic mass is 127. The zero-order chi connectivity index (χ0) is 16.3. The molecule has 0 aromatic heterocycles. The second-order valence-corrected chi connectivity index (χ2v) is 7.15. The van der Waals surface area contributed by atoms with E-state index in [0.29, 0.717) is 19.6 Å². The Bertz CT molecular complexity index is 573. The molecule has 0 saturated carbocycles. The molecule has 6 heteroatoms. The van der Waals surface area contributed by atoms with Crippen LogP contribution in [0.5, 0.6) is 0 Å². The molecule has 1 aliphatic heterocycles. The van der Waals surface area contributed by atoms with Gasteiger partial charge in [-0.25, -0.2) is 0 Å². The number of nitrogens with one attached hydrogen (secondary N) is 1. The molecule has 1 fully saturated rings. The molecule has 1 spiro atoms. The van der Waals surface area contributed by atoms with Gasteiger partial charge in [0.15, 0.2) is 5.79 Å². The number of carbonyl (C=O) groups is 1. The highest BCUT2D eigenvalue weighted by Gasteiger charge is 2.37. The first kappa shape index (κ1) is 17.0. The largest absolute Gasteiger partial charge is 0.499 e. The number of amides is 1. The summed E-state index contributed by atoms with van der Waals surface area (Å²) < 4.78 is 17.8. The lowest BCUT2D eigenvalue weighted by Crippen LogP contribution is -2.32. The Morgan fingerprint density at radius 2 is 2.13 bits per heavy atom. The highest BCUT2D eigenvalue weighted by molar-refractivity contribution is 14.1. The molecule has 2 aliphatic carbocycles. The Morgan fingerprint density at radius 1 is 1.35 bits per heavy atom. The number of ether oxygens (including phenoxy) is 3. The lowest BCUT2D eigenvalue weighted by Gasteiger charge is -2.30. The van der Waals surface area contributed by atoms with Crippen LogP contribution in [0.2, 0.25) is 0 Å². The topological polar surface area (TPSA) is 56.8 Å². The van der Waals surface area contributed by atoms with Gasteiger partial charge < -0.3 is 19.5 Å². The van der Waals surface area contributed by atoms with Crippen molar-refractivity contribution in [2.24, 2.45) is 0 Å². The van der Waals surface area contributed by atoms with E-state index in [2.05, 4.69) is 40.1 Å². The van der Waals surface area contributed by atoms with Gasteiger partial charge in [-0.2, -0.15) is 0 Å². The monoisotopic (exact) mass is 431 g/mol. The van der Waals surface area contributed by atoms with Crippen molar-refractivity contribution in [1.29, 1.82) is 0 Å². The normalized spacial score (nSPS) is 23.6. The fraction of sp³-hybridized carbons (Fsp3) is 0.588. The van der Waals surface area contributed by atoms with Crippen LogP contribution in [0.1, 0.15) is 38.5 Å². The minimum Gasteiger partial charge on any atom is -0.499 e. The summed E-state index contributed by atoms with van der Waals surface area (Å²) in [5.74, 6) is 0.441.